The number of methoxy groups -OCH3 is 1. The Morgan fingerprint density at radius 2 is 1.78 bits per heavy atom. The Morgan fingerprint density at radius 3 is 2.38 bits per heavy atom. The molecule has 0 bridgehead atoms. The molecule has 1 fully saturated rings. The fourth-order valence-electron chi connectivity index (χ4n) is 4.69. The number of urea groups is 1. The summed E-state index contributed by atoms with van der Waals surface area (Å²) in [5.74, 6) is 0.558. The van der Waals surface area contributed by atoms with Gasteiger partial charge in [-0.2, -0.15) is 5.26 Å². The third kappa shape index (κ3) is 9.69. The molecule has 0 radical (unpaired) electrons. The molecule has 0 atom stereocenters. The molecule has 3 aromatic rings. The molecule has 2 aromatic carbocycles. The van der Waals surface area contributed by atoms with Crippen LogP contribution < -0.4 is 20.3 Å². The molecule has 1 aromatic heterocycles. The molecule has 45 heavy (non-hydrogen) atoms. The van der Waals surface area contributed by atoms with Crippen LogP contribution in [0.4, 0.5) is 26.8 Å². The molecule has 2 heterocycles. The molecule has 1 aliphatic rings. The summed E-state index contributed by atoms with van der Waals surface area (Å²) in [5, 5.41) is 14.5. The monoisotopic (exact) mass is 634 g/mol. The number of anilines is 3. The molecular weight excluding hydrogens is 596 g/mol. The van der Waals surface area contributed by atoms with Gasteiger partial charge in [-0.05, 0) is 69.6 Å². The Bertz CT molecular complexity index is 1510. The van der Waals surface area contributed by atoms with Crippen molar-refractivity contribution in [2.24, 2.45) is 0 Å². The summed E-state index contributed by atoms with van der Waals surface area (Å²) in [6.45, 7) is 10.2. The van der Waals surface area contributed by atoms with Gasteiger partial charge in [0.15, 0.2) is 11.5 Å². The number of nitrogens with zero attached hydrogens (tertiary/aromatic N) is 6. The Kier molecular flexibility index (Phi) is 11.0. The van der Waals surface area contributed by atoms with Gasteiger partial charge in [-0.15, -0.1) is 0 Å². The fourth-order valence-corrected chi connectivity index (χ4v) is 4.95. The number of hydrogen-bond donors (Lipinski definition) is 2. The van der Waals surface area contributed by atoms with E-state index in [1.165, 1.54) is 25.2 Å². The van der Waals surface area contributed by atoms with E-state index in [1.54, 1.807) is 17.0 Å². The zero-order valence-corrected chi connectivity index (χ0v) is 27.0. The van der Waals surface area contributed by atoms with Crippen molar-refractivity contribution in [3.63, 3.8) is 0 Å². The number of piperazine rings is 1. The van der Waals surface area contributed by atoms with E-state index in [0.717, 1.165) is 37.3 Å². The Labute approximate surface area is 268 Å². The minimum absolute atomic E-state index is 0.134. The highest BCUT2D eigenvalue weighted by atomic mass is 35.5. The molecule has 12 nitrogen and oxygen atoms in total. The summed E-state index contributed by atoms with van der Waals surface area (Å²) >= 11 is 6.64. The summed E-state index contributed by atoms with van der Waals surface area (Å²) in [6, 6.07) is 12.9. The van der Waals surface area contributed by atoms with Crippen molar-refractivity contribution in [1.29, 1.82) is 5.26 Å². The molecular formula is C32H39ClN8O4. The van der Waals surface area contributed by atoms with Gasteiger partial charge in [-0.3, -0.25) is 5.32 Å². The number of halogens is 1. The minimum atomic E-state index is -0.654. The van der Waals surface area contributed by atoms with Crippen LogP contribution in [0.1, 0.15) is 37.6 Å². The first-order valence-corrected chi connectivity index (χ1v) is 15.0. The number of carbonyl (C=O) groups excluding carboxylic acids is 2. The van der Waals surface area contributed by atoms with Crippen molar-refractivity contribution < 1.29 is 19.1 Å². The van der Waals surface area contributed by atoms with Crippen molar-refractivity contribution in [2.75, 3.05) is 62.4 Å². The topological polar surface area (TPSA) is 136 Å². The number of nitrogens with one attached hydrogen (secondary N) is 2. The first-order valence-electron chi connectivity index (χ1n) is 14.6. The van der Waals surface area contributed by atoms with Crippen LogP contribution in [0, 0.1) is 11.3 Å². The maximum atomic E-state index is 13.3. The first-order chi connectivity index (χ1) is 21.4. The van der Waals surface area contributed by atoms with Crippen molar-refractivity contribution in [3.8, 4) is 11.8 Å². The molecule has 0 aliphatic carbocycles. The largest absolute Gasteiger partial charge is 0.495 e. The zero-order valence-electron chi connectivity index (χ0n) is 26.3. The van der Waals surface area contributed by atoms with Crippen LogP contribution in [-0.4, -0.2) is 84.4 Å². The number of ether oxygens (including phenoxy) is 2. The number of benzene rings is 2. The van der Waals surface area contributed by atoms with Crippen LogP contribution in [0.5, 0.6) is 5.75 Å². The van der Waals surface area contributed by atoms with Gasteiger partial charge in [0.25, 0.3) is 0 Å². The van der Waals surface area contributed by atoms with Crippen LogP contribution in [0.3, 0.4) is 0 Å². The lowest BCUT2D eigenvalue weighted by Gasteiger charge is -2.34. The molecule has 0 unspecified atom stereocenters. The predicted molar refractivity (Wildman–Crippen MR) is 174 cm³/mol. The number of amides is 3. The third-order valence-corrected chi connectivity index (χ3v) is 7.46. The molecule has 2 N–H and O–H groups in total. The number of nitriles is 1. The lowest BCUT2D eigenvalue weighted by atomic mass is 10.1. The normalized spacial score (nSPS) is 13.5. The Balaban J connectivity index is 1.44. The van der Waals surface area contributed by atoms with Crippen LogP contribution in [0.2, 0.25) is 5.02 Å². The smallest absolute Gasteiger partial charge is 0.410 e. The Morgan fingerprint density at radius 1 is 1.07 bits per heavy atom. The van der Waals surface area contributed by atoms with E-state index in [9.17, 15) is 9.59 Å². The van der Waals surface area contributed by atoms with Crippen molar-refractivity contribution >= 4 is 40.9 Å². The Hall–Kier alpha value is -4.60. The molecule has 1 aliphatic heterocycles. The van der Waals surface area contributed by atoms with Crippen molar-refractivity contribution in [1.82, 2.24) is 19.8 Å². The fraction of sp³-hybridized carbons (Fsp3) is 0.406. The summed E-state index contributed by atoms with van der Waals surface area (Å²) < 4.78 is 11.3. The quantitative estimate of drug-likeness (QED) is 0.318. The van der Waals surface area contributed by atoms with Gasteiger partial charge in [-0.1, -0.05) is 23.7 Å². The van der Waals surface area contributed by atoms with E-state index in [1.807, 2.05) is 26.8 Å². The SMILES string of the molecule is COc1cc(CCN(Cc2ccc(N3CCN(C)CC3)cc2)C(=O)OC(C)(C)C)c(Cl)cc1NC(=O)Nc1cnc(C#N)cn1. The summed E-state index contributed by atoms with van der Waals surface area (Å²) in [5.41, 5.74) is 2.71. The van der Waals surface area contributed by atoms with Crippen LogP contribution in [-0.2, 0) is 17.7 Å². The van der Waals surface area contributed by atoms with Crippen molar-refractivity contribution in [2.45, 2.75) is 39.3 Å². The summed E-state index contributed by atoms with van der Waals surface area (Å²) in [7, 11) is 3.62. The lowest BCUT2D eigenvalue weighted by molar-refractivity contribution is 0.0236. The highest BCUT2D eigenvalue weighted by Gasteiger charge is 2.23. The van der Waals surface area contributed by atoms with Gasteiger partial charge in [0.2, 0.25) is 0 Å². The number of rotatable bonds is 9. The standard InChI is InChI=1S/C32H39ClN8O4/c1-32(2,3)45-31(43)41(21-22-6-8-25(9-7-22)40-14-12-39(4)13-15-40)11-10-23-16-28(44-5)27(17-26(23)33)37-30(42)38-29-20-35-24(18-34)19-36-29/h6-9,16-17,19-20H,10-15,21H2,1-5H3,(H2,36,37,38,42). The third-order valence-electron chi connectivity index (χ3n) is 7.11. The van der Waals surface area contributed by atoms with Gasteiger partial charge >= 0.3 is 12.1 Å². The average molecular weight is 635 g/mol. The van der Waals surface area contributed by atoms with Crippen LogP contribution in [0.25, 0.3) is 0 Å². The van der Waals surface area contributed by atoms with E-state index < -0.39 is 17.7 Å². The van der Waals surface area contributed by atoms with Crippen LogP contribution in [0.15, 0.2) is 48.8 Å². The molecule has 3 amide bonds. The van der Waals surface area contributed by atoms with E-state index in [-0.39, 0.29) is 11.5 Å². The molecule has 13 heteroatoms. The van der Waals surface area contributed by atoms with Crippen LogP contribution >= 0.6 is 11.6 Å². The number of likely N-dealkylation sites (N-methyl/N-ethyl adjacent to an activating group) is 1. The number of hydrogen-bond acceptors (Lipinski definition) is 9. The van der Waals surface area contributed by atoms with Gasteiger partial charge in [0.05, 0.1) is 25.2 Å². The van der Waals surface area contributed by atoms with Crippen molar-refractivity contribution in [3.05, 3.63) is 70.6 Å². The second kappa shape index (κ2) is 14.9. The number of aromatic nitrogens is 2. The maximum absolute atomic E-state index is 13.3. The molecule has 0 spiro atoms. The van der Waals surface area contributed by atoms with E-state index in [2.05, 4.69) is 61.7 Å². The summed E-state index contributed by atoms with van der Waals surface area (Å²) in [6.07, 6.45) is 2.53. The highest BCUT2D eigenvalue weighted by molar-refractivity contribution is 6.31. The maximum Gasteiger partial charge on any atom is 0.410 e. The van der Waals surface area contributed by atoms with Gasteiger partial charge < -0.3 is 29.5 Å². The van der Waals surface area contributed by atoms with E-state index in [4.69, 9.17) is 26.3 Å². The minimum Gasteiger partial charge on any atom is -0.495 e. The van der Waals surface area contributed by atoms with Gasteiger partial charge in [0.1, 0.15) is 17.4 Å². The second-order valence-electron chi connectivity index (χ2n) is 11.7. The molecule has 0 saturated carbocycles. The molecule has 238 valence electrons. The molecule has 1 saturated heterocycles. The number of carbonyl (C=O) groups is 2. The molecule has 4 rings (SSSR count). The predicted octanol–water partition coefficient (Wildman–Crippen LogP) is 5.39. The summed E-state index contributed by atoms with van der Waals surface area (Å²) in [4.78, 5) is 40.1. The van der Waals surface area contributed by atoms with Gasteiger partial charge in [0, 0.05) is 50.0 Å². The average Bonchev–Trinajstić information content (AvgIpc) is 3.00. The zero-order chi connectivity index (χ0) is 32.6. The van der Waals surface area contributed by atoms with Gasteiger partial charge in [-0.25, -0.2) is 19.6 Å². The lowest BCUT2D eigenvalue weighted by Crippen LogP contribution is -2.44. The van der Waals surface area contributed by atoms with E-state index in [0.29, 0.717) is 36.0 Å². The first kappa shape index (κ1) is 33.3. The van der Waals surface area contributed by atoms with E-state index >= 15 is 0 Å². The second-order valence-corrected chi connectivity index (χ2v) is 12.1. The highest BCUT2D eigenvalue weighted by Crippen LogP contribution is 2.32.